The van der Waals surface area contributed by atoms with Crippen molar-refractivity contribution in [2.75, 3.05) is 52.1 Å². The number of allylic oxidation sites excluding steroid dienone is 3. The van der Waals surface area contributed by atoms with Crippen LogP contribution in [-0.4, -0.2) is 140 Å². The molecule has 0 aliphatic carbocycles. The number of hydrogen-bond donors (Lipinski definition) is 4. The Morgan fingerprint density at radius 1 is 1.12 bits per heavy atom. The van der Waals surface area contributed by atoms with Crippen molar-refractivity contribution in [1.82, 2.24) is 20.9 Å². The summed E-state index contributed by atoms with van der Waals surface area (Å²) < 4.78 is 34.2. The summed E-state index contributed by atoms with van der Waals surface area (Å²) in [5.74, 6) is -1.98. The fourth-order valence-corrected chi connectivity index (χ4v) is 11.7. The van der Waals surface area contributed by atoms with Crippen LogP contribution in [0.15, 0.2) is 65.1 Å². The van der Waals surface area contributed by atoms with Crippen molar-refractivity contribution in [3.8, 4) is 5.75 Å². The fourth-order valence-electron chi connectivity index (χ4n) is 8.45. The number of thioether (sulfide) groups is 1. The molecule has 0 spiro atoms. The standard InChI is InChI=1S/C50H69ClN5O13PS3/c1-29-12-11-13-38(65-10)50(63)26-37(67-47(62)54-50)30(2)44-49(6,69-44)39(25-42(59)56(8)35-23-33(22-29)24-36(64-9)43(35)51)68-45(60)31(3)55(7)41(58)18-19-48(4,5)71-28-40(57)52-20-21-53-46(61)66-27-32-14-16-34(17-15-32)72-73-70/h11-17,23-24,30-31,37-39,44,63H,18-22,25-28,70H2,1-10H3,(H,52,57)(H,53,61)(H,54,62)/b13-11+,29-12+/t30-,31+,37+,38-,39+,44+,49-,50+/m1/s1. The third kappa shape index (κ3) is 16.4. The summed E-state index contributed by atoms with van der Waals surface area (Å²) >= 11 is 8.19. The third-order valence-corrected chi connectivity index (χ3v) is 17.3. The molecule has 2 aromatic carbocycles. The molecule has 0 aromatic heterocycles. The van der Waals surface area contributed by atoms with Gasteiger partial charge in [0.25, 0.3) is 0 Å². The van der Waals surface area contributed by atoms with Crippen LogP contribution in [0.3, 0.4) is 0 Å². The van der Waals surface area contributed by atoms with E-state index in [0.717, 1.165) is 21.6 Å². The number of amides is 5. The Labute approximate surface area is 447 Å². The normalized spacial score (nSPS) is 25.8. The second-order valence-electron chi connectivity index (χ2n) is 19.1. The number of nitrogens with zero attached hydrogens (tertiary/aromatic N) is 2. The minimum atomic E-state index is -1.87. The molecule has 5 amide bonds. The van der Waals surface area contributed by atoms with Gasteiger partial charge in [0.2, 0.25) is 17.7 Å². The number of benzene rings is 2. The molecular formula is C50H69ClN5O13PS3. The van der Waals surface area contributed by atoms with Crippen LogP contribution < -0.4 is 25.6 Å². The van der Waals surface area contributed by atoms with E-state index in [1.165, 1.54) is 49.8 Å². The first kappa shape index (κ1) is 59.7. The average Bonchev–Trinajstić information content (AvgIpc) is 4.05. The van der Waals surface area contributed by atoms with E-state index in [1.54, 1.807) is 66.4 Å². The number of halogens is 1. The van der Waals surface area contributed by atoms with Gasteiger partial charge in [-0.25, -0.2) is 14.4 Å². The quantitative estimate of drug-likeness (QED) is 0.0285. The molecule has 3 heterocycles. The highest BCUT2D eigenvalue weighted by molar-refractivity contribution is 8.94. The lowest BCUT2D eigenvalue weighted by atomic mass is 9.83. The third-order valence-electron chi connectivity index (χ3n) is 13.2. The van der Waals surface area contributed by atoms with Gasteiger partial charge in [0, 0.05) is 62.7 Å². The summed E-state index contributed by atoms with van der Waals surface area (Å²) in [6, 6.07) is 10.1. The zero-order valence-corrected chi connectivity index (χ0v) is 47.3. The van der Waals surface area contributed by atoms with Gasteiger partial charge in [-0.05, 0) is 69.0 Å². The fraction of sp³-hybridized carbons (Fsp3) is 0.560. The molecule has 4 N–H and O–H groups in total. The first-order chi connectivity index (χ1) is 34.4. The Balaban J connectivity index is 1.21. The lowest BCUT2D eigenvalue weighted by Gasteiger charge is -2.42. The second kappa shape index (κ2) is 26.5. The molecule has 1 unspecified atom stereocenters. The molecular weight excluding hydrogens is 1040 g/mol. The summed E-state index contributed by atoms with van der Waals surface area (Å²) in [6.45, 7) is 11.2. The Morgan fingerprint density at radius 2 is 1.82 bits per heavy atom. The topological polar surface area (TPSA) is 224 Å². The maximum atomic E-state index is 14.4. The Hall–Kier alpha value is -4.21. The number of likely N-dealkylation sites (N-methyl/N-ethyl adjacent to an activating group) is 1. The monoisotopic (exact) mass is 1110 g/mol. The molecule has 402 valence electrons. The first-order valence-electron chi connectivity index (χ1n) is 23.7. The summed E-state index contributed by atoms with van der Waals surface area (Å²) in [4.78, 5) is 83.7. The van der Waals surface area contributed by atoms with Gasteiger partial charge in [-0.15, -0.1) is 11.8 Å². The Kier molecular flexibility index (Phi) is 21.7. The SMILES string of the molecule is COc1cc2cc(c1Cl)N(C)C(=O)C[C@H](OC(=O)[C@H](C)N(C)C(=O)CCC(C)(C)SCC(=O)NCCNC(=O)OCc1ccc(SSP)cc1)[C@@]1(C)O[C@H]1[C@H](C)[C@@H]1C[C@@](O)(NC(=O)O1)[C@H](OC)/C=C/C=C(\C)C2. The first-order valence-corrected chi connectivity index (χ1v) is 28.7. The molecule has 3 aliphatic rings. The van der Waals surface area contributed by atoms with Gasteiger partial charge in [-0.2, -0.15) is 0 Å². The number of ether oxygens (including phenoxy) is 6. The average molecular weight is 1110 g/mol. The maximum Gasteiger partial charge on any atom is 0.409 e. The van der Waals surface area contributed by atoms with E-state index in [2.05, 4.69) is 24.4 Å². The number of carbonyl (C=O) groups excluding carboxylic acids is 6. The summed E-state index contributed by atoms with van der Waals surface area (Å²) in [6.07, 6.45) is 0.365. The molecule has 0 radical (unpaired) electrons. The van der Waals surface area contributed by atoms with Crippen LogP contribution in [0.5, 0.6) is 5.75 Å². The van der Waals surface area contributed by atoms with E-state index in [9.17, 15) is 33.9 Å². The van der Waals surface area contributed by atoms with E-state index in [4.69, 9.17) is 40.0 Å². The lowest BCUT2D eigenvalue weighted by Crippen LogP contribution is -2.63. The van der Waals surface area contributed by atoms with Crippen LogP contribution in [-0.2, 0) is 55.9 Å². The molecule has 23 heteroatoms. The number of rotatable bonds is 18. The van der Waals surface area contributed by atoms with Crippen molar-refractivity contribution in [1.29, 1.82) is 0 Å². The maximum absolute atomic E-state index is 14.4. The number of esters is 1. The predicted molar refractivity (Wildman–Crippen MR) is 288 cm³/mol. The largest absolute Gasteiger partial charge is 0.495 e. The van der Waals surface area contributed by atoms with Crippen molar-refractivity contribution in [3.05, 3.63) is 76.3 Å². The van der Waals surface area contributed by atoms with Crippen LogP contribution in [0.2, 0.25) is 5.02 Å². The van der Waals surface area contributed by atoms with E-state index in [1.807, 2.05) is 51.1 Å². The minimum Gasteiger partial charge on any atom is -0.495 e. The summed E-state index contributed by atoms with van der Waals surface area (Å²) in [7, 11) is 11.7. The molecule has 2 aromatic rings. The number of hydrogen-bond acceptors (Lipinski definition) is 16. The van der Waals surface area contributed by atoms with Crippen LogP contribution in [0.1, 0.15) is 78.4 Å². The van der Waals surface area contributed by atoms with Crippen LogP contribution in [0.4, 0.5) is 15.3 Å². The number of aliphatic hydroxyl groups is 1. The van der Waals surface area contributed by atoms with E-state index >= 15 is 0 Å². The summed E-state index contributed by atoms with van der Waals surface area (Å²) in [5, 5.41) is 20.0. The molecule has 0 saturated carbocycles. The van der Waals surface area contributed by atoms with Crippen molar-refractivity contribution in [3.63, 3.8) is 0 Å². The van der Waals surface area contributed by atoms with Crippen molar-refractivity contribution in [2.45, 2.75) is 132 Å². The molecule has 2 saturated heterocycles. The molecule has 9 atom stereocenters. The smallest absolute Gasteiger partial charge is 0.409 e. The van der Waals surface area contributed by atoms with E-state index in [-0.39, 0.29) is 61.5 Å². The van der Waals surface area contributed by atoms with Gasteiger partial charge in [0.05, 0.1) is 31.1 Å². The van der Waals surface area contributed by atoms with Gasteiger partial charge >= 0.3 is 18.2 Å². The van der Waals surface area contributed by atoms with Crippen molar-refractivity contribution in [2.24, 2.45) is 5.92 Å². The predicted octanol–water partition coefficient (Wildman–Crippen LogP) is 7.38. The second-order valence-corrected chi connectivity index (χ2v) is 24.8. The number of epoxide rings is 1. The molecule has 73 heavy (non-hydrogen) atoms. The molecule has 4 bridgehead atoms. The zero-order valence-electron chi connectivity index (χ0n) is 42.9. The number of alkyl carbamates (subject to hydrolysis) is 2. The van der Waals surface area contributed by atoms with Crippen LogP contribution in [0.25, 0.3) is 0 Å². The number of methoxy groups -OCH3 is 2. The molecule has 2 fully saturated rings. The van der Waals surface area contributed by atoms with Crippen molar-refractivity contribution < 1.29 is 62.3 Å². The number of anilines is 1. The number of carbonyl (C=O) groups is 6. The highest BCUT2D eigenvalue weighted by Gasteiger charge is 2.64. The highest BCUT2D eigenvalue weighted by Crippen LogP contribution is 2.49. The Morgan fingerprint density at radius 3 is 2.49 bits per heavy atom. The van der Waals surface area contributed by atoms with Gasteiger partial charge in [0.1, 0.15) is 47.3 Å². The zero-order chi connectivity index (χ0) is 53.8. The molecule has 18 nitrogen and oxygen atoms in total. The van der Waals surface area contributed by atoms with E-state index in [0.29, 0.717) is 24.3 Å². The number of nitrogens with one attached hydrogen (secondary N) is 3. The lowest BCUT2D eigenvalue weighted by molar-refractivity contribution is -0.162. The van der Waals surface area contributed by atoms with Gasteiger partial charge < -0.3 is 54.0 Å². The van der Waals surface area contributed by atoms with Crippen LogP contribution >= 0.6 is 53.0 Å². The van der Waals surface area contributed by atoms with Gasteiger partial charge in [0.15, 0.2) is 5.72 Å². The van der Waals surface area contributed by atoms with Crippen LogP contribution in [0, 0.1) is 5.92 Å². The summed E-state index contributed by atoms with van der Waals surface area (Å²) in [5.41, 5.74) is -0.259. The number of fused-ring (bicyclic) bond motifs is 5. The van der Waals surface area contributed by atoms with Gasteiger partial charge in [-0.3, -0.25) is 19.7 Å². The highest BCUT2D eigenvalue weighted by atomic mass is 35.5. The van der Waals surface area contributed by atoms with Gasteiger partial charge in [-0.1, -0.05) is 98.0 Å². The minimum absolute atomic E-state index is 0.0502. The van der Waals surface area contributed by atoms with E-state index < -0.39 is 76.5 Å². The van der Waals surface area contributed by atoms with Crippen molar-refractivity contribution >= 4 is 94.6 Å². The molecule has 3 aliphatic heterocycles. The molecule has 5 rings (SSSR count). The Bertz CT molecular complexity index is 2380.